The summed E-state index contributed by atoms with van der Waals surface area (Å²) in [4.78, 5) is 17.1. The number of ether oxygens (including phenoxy) is 1. The number of carbonyl (C=O) groups excluding carboxylic acids is 1. The number of nitrogens with zero attached hydrogens (tertiary/aromatic N) is 1. The molecule has 1 amide bonds. The highest BCUT2D eigenvalue weighted by Crippen LogP contribution is 2.20. The molecule has 1 heterocycles. The number of thiazole rings is 1. The molecule has 6 nitrogen and oxygen atoms in total. The molecule has 0 aliphatic heterocycles. The van der Waals surface area contributed by atoms with E-state index in [2.05, 4.69) is 15.6 Å². The van der Waals surface area contributed by atoms with Gasteiger partial charge in [-0.2, -0.15) is 0 Å². The molecule has 0 aromatic carbocycles. The van der Waals surface area contributed by atoms with Crippen molar-refractivity contribution in [3.63, 3.8) is 0 Å². The Morgan fingerprint density at radius 3 is 2.80 bits per heavy atom. The van der Waals surface area contributed by atoms with Gasteiger partial charge in [-0.1, -0.05) is 0 Å². The van der Waals surface area contributed by atoms with E-state index >= 15 is 0 Å². The van der Waals surface area contributed by atoms with Crippen molar-refractivity contribution in [2.24, 2.45) is 0 Å². The highest BCUT2D eigenvalue weighted by Gasteiger charge is 2.19. The van der Waals surface area contributed by atoms with Crippen LogP contribution in [0.4, 0.5) is 8.78 Å². The molecule has 0 bridgehead atoms. The van der Waals surface area contributed by atoms with Gasteiger partial charge in [0, 0.05) is 18.8 Å². The summed E-state index contributed by atoms with van der Waals surface area (Å²) < 4.78 is 30.2. The van der Waals surface area contributed by atoms with E-state index in [0.717, 1.165) is 9.88 Å². The van der Waals surface area contributed by atoms with Crippen LogP contribution in [0.1, 0.15) is 9.88 Å². The molecular weight excluding hydrogens is 350 g/mol. The molecule has 0 unspecified atom stereocenters. The molecule has 0 fully saturated rings. The van der Waals surface area contributed by atoms with Gasteiger partial charge in [-0.05, 0) is 25.2 Å². The van der Waals surface area contributed by atoms with E-state index in [-0.39, 0.29) is 17.0 Å². The third kappa shape index (κ3) is 5.21. The van der Waals surface area contributed by atoms with E-state index < -0.39 is 18.9 Å². The van der Waals surface area contributed by atoms with Crippen LogP contribution in [-0.2, 0) is 16.1 Å². The first kappa shape index (κ1) is 18.8. The van der Waals surface area contributed by atoms with Crippen LogP contribution in [0.5, 0.6) is 0 Å². The minimum Gasteiger partial charge on any atom is -0.488 e. The molecule has 0 radical (unpaired) electrons. The highest BCUT2D eigenvalue weighted by atomic mass is 32.1. The maximum absolute atomic E-state index is 12.3. The van der Waals surface area contributed by atoms with Crippen LogP contribution in [0.3, 0.4) is 0 Å². The zero-order valence-corrected chi connectivity index (χ0v) is 14.5. The van der Waals surface area contributed by atoms with Crippen LogP contribution in [0.2, 0.25) is 0 Å². The third-order valence-electron chi connectivity index (χ3n) is 3.20. The third-order valence-corrected chi connectivity index (χ3v) is 4.09. The maximum Gasteiger partial charge on any atom is 0.268 e. The fourth-order valence-corrected chi connectivity index (χ4v) is 2.78. The second-order valence-electron chi connectivity index (χ2n) is 5.07. The van der Waals surface area contributed by atoms with Crippen molar-refractivity contribution in [3.05, 3.63) is 51.3 Å². The monoisotopic (exact) mass is 368 g/mol. The van der Waals surface area contributed by atoms with Gasteiger partial charge in [0.2, 0.25) is 0 Å². The van der Waals surface area contributed by atoms with Gasteiger partial charge in [-0.3, -0.25) is 4.79 Å². The van der Waals surface area contributed by atoms with E-state index in [1.54, 1.807) is 12.3 Å². The lowest BCUT2D eigenvalue weighted by molar-refractivity contribution is -0.118. The van der Waals surface area contributed by atoms with Crippen LogP contribution in [-0.4, -0.2) is 36.6 Å². The molecule has 0 saturated carbocycles. The second-order valence-corrected chi connectivity index (χ2v) is 6.39. The summed E-state index contributed by atoms with van der Waals surface area (Å²) in [5.74, 6) is -0.238. The Morgan fingerprint density at radius 2 is 2.20 bits per heavy atom. The van der Waals surface area contributed by atoms with Crippen molar-refractivity contribution < 1.29 is 18.3 Å². The number of allylic oxidation sites excluding steroid dienone is 4. The predicted molar refractivity (Wildman–Crippen MR) is 91.7 cm³/mol. The Bertz CT molecular complexity index is 753. The summed E-state index contributed by atoms with van der Waals surface area (Å²) in [7, 11) is 1.49. The minimum absolute atomic E-state index is 0.0322. The number of hydrogen-bond acceptors (Lipinski definition) is 6. The van der Waals surface area contributed by atoms with Crippen LogP contribution in [0.15, 0.2) is 41.5 Å². The van der Waals surface area contributed by atoms with Crippen LogP contribution in [0, 0.1) is 12.3 Å². The number of hydrogen-bond donors (Lipinski definition) is 3. The summed E-state index contributed by atoms with van der Waals surface area (Å²) in [6.45, 7) is 1.46. The van der Waals surface area contributed by atoms with E-state index in [0.29, 0.717) is 12.4 Å². The molecule has 2 rings (SSSR count). The summed E-state index contributed by atoms with van der Waals surface area (Å²) in [6, 6.07) is 0. The first-order valence-electron chi connectivity index (χ1n) is 7.42. The number of carbonyl (C=O) groups is 1. The molecule has 1 aliphatic rings. The van der Waals surface area contributed by atoms with Crippen LogP contribution >= 0.6 is 11.3 Å². The van der Waals surface area contributed by atoms with Gasteiger partial charge in [0.1, 0.15) is 18.1 Å². The van der Waals surface area contributed by atoms with E-state index in [9.17, 15) is 13.6 Å². The van der Waals surface area contributed by atoms with E-state index in [1.807, 2.05) is 6.92 Å². The highest BCUT2D eigenvalue weighted by molar-refractivity contribution is 7.11. The first-order chi connectivity index (χ1) is 11.9. The smallest absolute Gasteiger partial charge is 0.268 e. The largest absolute Gasteiger partial charge is 0.488 e. The minimum atomic E-state index is -2.64. The van der Waals surface area contributed by atoms with Gasteiger partial charge in [-0.25, -0.2) is 13.8 Å². The Labute approximate surface area is 147 Å². The van der Waals surface area contributed by atoms with Gasteiger partial charge < -0.3 is 20.8 Å². The number of likely N-dealkylation sites (N-methyl/N-ethyl adjacent to an activating group) is 1. The number of halogens is 2. The van der Waals surface area contributed by atoms with Crippen molar-refractivity contribution >= 4 is 23.0 Å². The Kier molecular flexibility index (Phi) is 6.40. The summed E-state index contributed by atoms with van der Waals surface area (Å²) in [5, 5.41) is 13.7. The van der Waals surface area contributed by atoms with Crippen molar-refractivity contribution in [2.75, 3.05) is 13.6 Å². The zero-order chi connectivity index (χ0) is 18.4. The molecule has 1 aliphatic carbocycles. The molecule has 3 N–H and O–H groups in total. The first-order valence-corrected chi connectivity index (χ1v) is 8.23. The predicted octanol–water partition coefficient (Wildman–Crippen LogP) is 2.30. The number of nitrogens with one attached hydrogen (secondary N) is 3. The summed E-state index contributed by atoms with van der Waals surface area (Å²) in [6.07, 6.45) is 3.71. The van der Waals surface area contributed by atoms with Gasteiger partial charge in [-0.15, -0.1) is 11.3 Å². The number of alkyl halides is 2. The fraction of sp³-hybridized carbons (Fsp3) is 0.312. The lowest BCUT2D eigenvalue weighted by Gasteiger charge is -2.16. The average Bonchev–Trinajstić information content (AvgIpc) is 2.99. The number of amides is 1. The maximum atomic E-state index is 12.3. The standard InChI is InChI=1S/C16H18F2N4O2S/c1-9-21-6-11(25-9)8-24-10-3-4-13(19)12(5-10)15(20-2)16(23)22-7-14(17)18/h3-6,14,19-20H,7-8H2,1-2H3,(H,22,23)/b15-12-,19-13?. The van der Waals surface area contributed by atoms with E-state index in [1.165, 1.54) is 30.5 Å². The second kappa shape index (κ2) is 8.52. The van der Waals surface area contributed by atoms with Crippen molar-refractivity contribution in [3.8, 4) is 0 Å². The molecule has 1 aromatic heterocycles. The molecule has 25 heavy (non-hydrogen) atoms. The lowest BCUT2D eigenvalue weighted by Crippen LogP contribution is -2.35. The molecule has 0 saturated heterocycles. The van der Waals surface area contributed by atoms with Crippen molar-refractivity contribution in [1.29, 1.82) is 5.41 Å². The molecule has 1 aromatic rings. The normalized spacial score (nSPS) is 15.9. The lowest BCUT2D eigenvalue weighted by atomic mass is 10.0. The van der Waals surface area contributed by atoms with Crippen molar-refractivity contribution in [2.45, 2.75) is 20.0 Å². The van der Waals surface area contributed by atoms with Gasteiger partial charge in [0.25, 0.3) is 12.3 Å². The Balaban J connectivity index is 2.15. The van der Waals surface area contributed by atoms with Crippen LogP contribution < -0.4 is 10.6 Å². The molecule has 9 heteroatoms. The average molecular weight is 368 g/mol. The molecule has 0 atom stereocenters. The summed E-state index contributed by atoms with van der Waals surface area (Å²) in [5.41, 5.74) is 0.384. The van der Waals surface area contributed by atoms with Gasteiger partial charge in [0.15, 0.2) is 0 Å². The van der Waals surface area contributed by atoms with E-state index in [4.69, 9.17) is 10.1 Å². The molecular formula is C16H18F2N4O2S. The van der Waals surface area contributed by atoms with Gasteiger partial charge in [0.05, 0.1) is 22.1 Å². The quantitative estimate of drug-likeness (QED) is 0.645. The molecule has 134 valence electrons. The van der Waals surface area contributed by atoms with Crippen LogP contribution in [0.25, 0.3) is 0 Å². The zero-order valence-electron chi connectivity index (χ0n) is 13.7. The summed E-state index contributed by atoms with van der Waals surface area (Å²) >= 11 is 1.51. The Hall–Kier alpha value is -2.55. The SMILES string of the molecule is CN/C(C(=O)NCC(F)F)=C1/C=C(OCc2cnc(C)s2)C=CC1=N. The van der Waals surface area contributed by atoms with Crippen molar-refractivity contribution in [1.82, 2.24) is 15.6 Å². The topological polar surface area (TPSA) is 87.1 Å². The fourth-order valence-electron chi connectivity index (χ4n) is 2.08. The Morgan fingerprint density at radius 1 is 1.44 bits per heavy atom. The molecule has 0 spiro atoms. The number of aryl methyl sites for hydroxylation is 1. The number of rotatable bonds is 7. The number of aromatic nitrogens is 1. The van der Waals surface area contributed by atoms with Gasteiger partial charge >= 0.3 is 0 Å².